The zero-order chi connectivity index (χ0) is 40.3. The molecular weight excluding hydrogens is 739 g/mol. The minimum absolute atomic E-state index is 1.09. The number of rotatable bonds is 7. The highest BCUT2D eigenvalue weighted by Gasteiger charge is 2.21. The molecule has 0 saturated heterocycles. The number of benzene rings is 10. The van der Waals surface area contributed by atoms with Crippen LogP contribution in [0.3, 0.4) is 0 Å². The zero-order valence-electron chi connectivity index (χ0n) is 33.4. The fourth-order valence-corrected chi connectivity index (χ4v) is 9.45. The van der Waals surface area contributed by atoms with Gasteiger partial charge in [-0.1, -0.05) is 152 Å². The van der Waals surface area contributed by atoms with Gasteiger partial charge in [0.05, 0.1) is 27.8 Å². The molecule has 0 amide bonds. The third kappa shape index (κ3) is 5.82. The lowest BCUT2D eigenvalue weighted by Crippen LogP contribution is -2.10. The molecule has 0 N–H and O–H groups in total. The second-order valence-electron chi connectivity index (χ2n) is 15.8. The van der Waals surface area contributed by atoms with Crippen molar-refractivity contribution in [3.05, 3.63) is 237 Å². The first-order valence-corrected chi connectivity index (χ1v) is 20.9. The summed E-state index contributed by atoms with van der Waals surface area (Å²) in [4.78, 5) is 2.43. The molecule has 10 aromatic carbocycles. The van der Waals surface area contributed by atoms with E-state index in [2.05, 4.69) is 251 Å². The predicted molar refractivity (Wildman–Crippen MR) is 258 cm³/mol. The number of anilines is 3. The van der Waals surface area contributed by atoms with E-state index in [1.807, 2.05) is 0 Å². The Kier molecular flexibility index (Phi) is 8.17. The Morgan fingerprint density at radius 1 is 0.279 bits per heavy atom. The highest BCUT2D eigenvalue weighted by molar-refractivity contribution is 6.16. The molecule has 12 aromatic rings. The SMILES string of the molecule is c1ccc(-n2c3ccccc3c3ccc(-c4ccc(N(c5ccc(-c6ccc7ccccc7c6)cc5)c5cccc6c5c5ccccc5n6-c5ccccc5)cc4)cc32)cc1. The van der Waals surface area contributed by atoms with Crippen molar-refractivity contribution in [2.24, 2.45) is 0 Å². The Labute approximate surface area is 354 Å². The Hall–Kier alpha value is -8.14. The van der Waals surface area contributed by atoms with E-state index in [9.17, 15) is 0 Å². The van der Waals surface area contributed by atoms with Crippen LogP contribution >= 0.6 is 0 Å². The van der Waals surface area contributed by atoms with Crippen LogP contribution in [-0.4, -0.2) is 9.13 Å². The van der Waals surface area contributed by atoms with Crippen molar-refractivity contribution in [2.45, 2.75) is 0 Å². The first kappa shape index (κ1) is 34.9. The number of hydrogen-bond acceptors (Lipinski definition) is 1. The van der Waals surface area contributed by atoms with E-state index < -0.39 is 0 Å². The third-order valence-corrected chi connectivity index (χ3v) is 12.3. The van der Waals surface area contributed by atoms with E-state index in [0.717, 1.165) is 28.4 Å². The van der Waals surface area contributed by atoms with Crippen LogP contribution in [0, 0.1) is 0 Å². The van der Waals surface area contributed by atoms with Gasteiger partial charge in [0.15, 0.2) is 0 Å². The number of fused-ring (bicyclic) bond motifs is 7. The van der Waals surface area contributed by atoms with E-state index >= 15 is 0 Å². The third-order valence-electron chi connectivity index (χ3n) is 12.3. The summed E-state index contributed by atoms with van der Waals surface area (Å²) in [5.74, 6) is 0. The van der Waals surface area contributed by atoms with Gasteiger partial charge in [-0.15, -0.1) is 0 Å². The lowest BCUT2D eigenvalue weighted by atomic mass is 10.0. The number of para-hydroxylation sites is 4. The van der Waals surface area contributed by atoms with Gasteiger partial charge in [-0.3, -0.25) is 0 Å². The van der Waals surface area contributed by atoms with Gasteiger partial charge in [-0.05, 0) is 118 Å². The molecule has 0 saturated carbocycles. The van der Waals surface area contributed by atoms with Crippen LogP contribution in [0.5, 0.6) is 0 Å². The fourth-order valence-electron chi connectivity index (χ4n) is 9.45. The topological polar surface area (TPSA) is 13.1 Å². The summed E-state index contributed by atoms with van der Waals surface area (Å²) in [5, 5.41) is 7.43. The van der Waals surface area contributed by atoms with Crippen LogP contribution in [0.15, 0.2) is 237 Å². The highest BCUT2D eigenvalue weighted by atomic mass is 15.1. The van der Waals surface area contributed by atoms with Crippen LogP contribution in [0.25, 0.3) is 88.0 Å². The van der Waals surface area contributed by atoms with Crippen LogP contribution in [0.2, 0.25) is 0 Å². The monoisotopic (exact) mass is 777 g/mol. The van der Waals surface area contributed by atoms with Crippen LogP contribution in [-0.2, 0) is 0 Å². The minimum atomic E-state index is 1.09. The smallest absolute Gasteiger partial charge is 0.0562 e. The molecule has 0 unspecified atom stereocenters. The Balaban J connectivity index is 1.02. The highest BCUT2D eigenvalue weighted by Crippen LogP contribution is 2.45. The van der Waals surface area contributed by atoms with Crippen LogP contribution < -0.4 is 4.90 Å². The van der Waals surface area contributed by atoms with Gasteiger partial charge < -0.3 is 14.0 Å². The van der Waals surface area contributed by atoms with E-state index in [1.165, 1.54) is 76.6 Å². The van der Waals surface area contributed by atoms with Crippen molar-refractivity contribution in [1.29, 1.82) is 0 Å². The lowest BCUT2D eigenvalue weighted by molar-refractivity contribution is 1.18. The molecule has 12 rings (SSSR count). The standard InChI is InChI=1S/C58H39N3/c1-3-16-46(17-4-1)60-54-23-12-10-21-52(54)58-55(24-13-25-56(58)60)59(48-33-28-41(29-34-48)44-27-26-40-14-7-8-15-43(40)38-44)49-35-30-42(31-36-49)45-32-37-51-50-20-9-11-22-53(50)61(57(51)39-45)47-18-5-2-6-19-47/h1-39H. The summed E-state index contributed by atoms with van der Waals surface area (Å²) < 4.78 is 4.78. The van der Waals surface area contributed by atoms with Crippen molar-refractivity contribution in [3.8, 4) is 33.6 Å². The van der Waals surface area contributed by atoms with Crippen LogP contribution in [0.1, 0.15) is 0 Å². The van der Waals surface area contributed by atoms with Crippen molar-refractivity contribution < 1.29 is 0 Å². The largest absolute Gasteiger partial charge is 0.310 e. The molecule has 61 heavy (non-hydrogen) atoms. The van der Waals surface area contributed by atoms with Crippen molar-refractivity contribution in [3.63, 3.8) is 0 Å². The Morgan fingerprint density at radius 3 is 1.43 bits per heavy atom. The van der Waals surface area contributed by atoms with Crippen molar-refractivity contribution in [1.82, 2.24) is 9.13 Å². The maximum absolute atomic E-state index is 2.43. The molecule has 0 aliphatic carbocycles. The molecule has 2 aromatic heterocycles. The minimum Gasteiger partial charge on any atom is -0.310 e. The summed E-state index contributed by atoms with van der Waals surface area (Å²) >= 11 is 0. The molecule has 2 heterocycles. The molecule has 286 valence electrons. The summed E-state index contributed by atoms with van der Waals surface area (Å²) in [6.07, 6.45) is 0. The average Bonchev–Trinajstić information content (AvgIpc) is 3.85. The Morgan fingerprint density at radius 2 is 0.754 bits per heavy atom. The average molecular weight is 778 g/mol. The van der Waals surface area contributed by atoms with Gasteiger partial charge in [-0.25, -0.2) is 0 Å². The summed E-state index contributed by atoms with van der Waals surface area (Å²) in [7, 11) is 0. The first-order chi connectivity index (χ1) is 30.3. The lowest BCUT2D eigenvalue weighted by Gasteiger charge is -2.27. The molecule has 0 bridgehead atoms. The van der Waals surface area contributed by atoms with Gasteiger partial charge in [0.1, 0.15) is 0 Å². The molecule has 0 atom stereocenters. The van der Waals surface area contributed by atoms with E-state index in [4.69, 9.17) is 0 Å². The second-order valence-corrected chi connectivity index (χ2v) is 15.8. The van der Waals surface area contributed by atoms with Gasteiger partial charge >= 0.3 is 0 Å². The number of nitrogens with zero attached hydrogens (tertiary/aromatic N) is 3. The molecular formula is C58H39N3. The summed E-state index contributed by atoms with van der Waals surface area (Å²) in [6.45, 7) is 0. The van der Waals surface area contributed by atoms with E-state index in [-0.39, 0.29) is 0 Å². The van der Waals surface area contributed by atoms with Crippen molar-refractivity contribution >= 4 is 71.4 Å². The van der Waals surface area contributed by atoms with Gasteiger partial charge in [0.2, 0.25) is 0 Å². The zero-order valence-corrected chi connectivity index (χ0v) is 33.4. The normalized spacial score (nSPS) is 11.6. The Bertz CT molecular complexity index is 3560. The van der Waals surface area contributed by atoms with Gasteiger partial charge in [0.25, 0.3) is 0 Å². The quantitative estimate of drug-likeness (QED) is 0.157. The molecule has 3 nitrogen and oxygen atoms in total. The van der Waals surface area contributed by atoms with Gasteiger partial charge in [0, 0.05) is 44.3 Å². The fraction of sp³-hybridized carbons (Fsp3) is 0. The maximum atomic E-state index is 2.43. The first-order valence-electron chi connectivity index (χ1n) is 20.9. The summed E-state index contributed by atoms with van der Waals surface area (Å²) in [6, 6.07) is 85.9. The van der Waals surface area contributed by atoms with Gasteiger partial charge in [-0.2, -0.15) is 0 Å². The number of hydrogen-bond donors (Lipinski definition) is 0. The van der Waals surface area contributed by atoms with Crippen molar-refractivity contribution in [2.75, 3.05) is 4.90 Å². The van der Waals surface area contributed by atoms with Crippen LogP contribution in [0.4, 0.5) is 17.1 Å². The molecule has 0 aliphatic heterocycles. The molecule has 0 aliphatic rings. The van der Waals surface area contributed by atoms with E-state index in [1.54, 1.807) is 0 Å². The molecule has 0 radical (unpaired) electrons. The predicted octanol–water partition coefficient (Wildman–Crippen LogP) is 15.8. The molecule has 3 heteroatoms. The molecule has 0 spiro atoms. The number of aromatic nitrogens is 2. The second kappa shape index (κ2) is 14.3. The molecule has 0 fully saturated rings. The van der Waals surface area contributed by atoms with E-state index in [0.29, 0.717) is 0 Å². The maximum Gasteiger partial charge on any atom is 0.0562 e. The summed E-state index contributed by atoms with van der Waals surface area (Å²) in [5.41, 5.74) is 15.1.